The molecule has 0 N–H and O–H groups in total. The van der Waals surface area contributed by atoms with E-state index in [4.69, 9.17) is 4.74 Å². The Hall–Kier alpha value is -3.14. The number of allylic oxidation sites excluding steroid dienone is 4. The van der Waals surface area contributed by atoms with E-state index in [1.807, 2.05) is 50.4 Å². The van der Waals surface area contributed by atoms with Crippen molar-refractivity contribution in [3.05, 3.63) is 84.0 Å². The lowest BCUT2D eigenvalue weighted by atomic mass is 10.1. The first-order valence-electron chi connectivity index (χ1n) is 7.96. The number of ketones is 1. The van der Waals surface area contributed by atoms with Crippen LogP contribution in [0.3, 0.4) is 0 Å². The van der Waals surface area contributed by atoms with Crippen LogP contribution in [0.1, 0.15) is 17.3 Å². The molecular weight excluding hydrogens is 312 g/mol. The summed E-state index contributed by atoms with van der Waals surface area (Å²) in [5.41, 5.74) is 2.57. The van der Waals surface area contributed by atoms with Gasteiger partial charge in [0, 0.05) is 18.8 Å². The lowest BCUT2D eigenvalue weighted by Crippen LogP contribution is -2.07. The second kappa shape index (κ2) is 9.23. The molecule has 0 saturated carbocycles. The molecule has 0 unspecified atom stereocenters. The molecule has 0 aromatic heterocycles. The summed E-state index contributed by atoms with van der Waals surface area (Å²) in [5.74, 6) is 0.684. The van der Waals surface area contributed by atoms with E-state index >= 15 is 0 Å². The Morgan fingerprint density at radius 2 is 1.72 bits per heavy atom. The Balaban J connectivity index is 1.94. The Kier molecular flexibility index (Phi) is 6.72. The average molecular weight is 334 g/mol. The van der Waals surface area contributed by atoms with E-state index < -0.39 is 0 Å². The topological polar surface area (TPSA) is 41.9 Å². The van der Waals surface area contributed by atoms with Crippen molar-refractivity contribution in [3.8, 4) is 5.75 Å². The minimum Gasteiger partial charge on any atom is -0.497 e. The number of anilines is 1. The quantitative estimate of drug-likeness (QED) is 0.246. The molecule has 0 aliphatic rings. The zero-order valence-electron chi connectivity index (χ0n) is 14.7. The minimum absolute atomic E-state index is 0.0475. The molecule has 128 valence electrons. The van der Waals surface area contributed by atoms with Crippen molar-refractivity contribution in [2.75, 3.05) is 19.2 Å². The fourth-order valence-electron chi connectivity index (χ4n) is 2.08. The molecule has 4 heteroatoms. The molecule has 2 rings (SSSR count). The highest BCUT2D eigenvalue weighted by Gasteiger charge is 2.01. The van der Waals surface area contributed by atoms with E-state index in [-0.39, 0.29) is 5.78 Å². The monoisotopic (exact) mass is 334 g/mol. The molecule has 0 aliphatic heterocycles. The number of methoxy groups -OCH3 is 1. The van der Waals surface area contributed by atoms with E-state index in [0.717, 1.165) is 17.0 Å². The average Bonchev–Trinajstić information content (AvgIpc) is 2.66. The van der Waals surface area contributed by atoms with Crippen LogP contribution >= 0.6 is 0 Å². The zero-order valence-corrected chi connectivity index (χ0v) is 14.7. The van der Waals surface area contributed by atoms with Crippen LogP contribution in [0.5, 0.6) is 5.75 Å². The van der Waals surface area contributed by atoms with Gasteiger partial charge in [0.15, 0.2) is 5.78 Å². The largest absolute Gasteiger partial charge is 0.497 e. The summed E-state index contributed by atoms with van der Waals surface area (Å²) >= 11 is 0. The molecule has 0 atom stereocenters. The van der Waals surface area contributed by atoms with Gasteiger partial charge in [-0.15, -0.1) is 0 Å². The molecule has 0 aliphatic carbocycles. The third-order valence-corrected chi connectivity index (χ3v) is 3.58. The Morgan fingerprint density at radius 3 is 2.36 bits per heavy atom. The number of hydrogen-bond acceptors (Lipinski definition) is 4. The van der Waals surface area contributed by atoms with Gasteiger partial charge in [-0.2, -0.15) is 5.10 Å². The van der Waals surface area contributed by atoms with E-state index in [9.17, 15) is 4.79 Å². The molecule has 4 nitrogen and oxygen atoms in total. The maximum atomic E-state index is 12.1. The van der Waals surface area contributed by atoms with Crippen LogP contribution in [0.15, 0.2) is 83.5 Å². The number of hydrogen-bond donors (Lipinski definition) is 0. The van der Waals surface area contributed by atoms with Crippen molar-refractivity contribution in [2.45, 2.75) is 6.92 Å². The smallest absolute Gasteiger partial charge is 0.185 e. The van der Waals surface area contributed by atoms with Gasteiger partial charge < -0.3 is 4.74 Å². The molecule has 0 fully saturated rings. The lowest BCUT2D eigenvalue weighted by molar-refractivity contribution is 0.104. The summed E-state index contributed by atoms with van der Waals surface area (Å²) in [6.45, 7) is 1.92. The van der Waals surface area contributed by atoms with E-state index in [1.165, 1.54) is 0 Å². The molecule has 0 radical (unpaired) electrons. The summed E-state index contributed by atoms with van der Waals surface area (Å²) in [7, 11) is 3.49. The summed E-state index contributed by atoms with van der Waals surface area (Å²) in [6.07, 6.45) is 6.91. The second-order valence-electron chi connectivity index (χ2n) is 5.46. The van der Waals surface area contributed by atoms with Crippen LogP contribution in [-0.2, 0) is 0 Å². The first-order chi connectivity index (χ1) is 12.1. The van der Waals surface area contributed by atoms with Crippen LogP contribution in [0.4, 0.5) is 5.69 Å². The van der Waals surface area contributed by atoms with E-state index in [0.29, 0.717) is 5.56 Å². The molecule has 2 aromatic carbocycles. The molecule has 0 amide bonds. The SMILES string of the molecule is COc1ccc(C(=O)\C=C/C(C)=C\C=N\N(C)c2ccccc2)cc1. The number of rotatable bonds is 7. The van der Waals surface area contributed by atoms with Gasteiger partial charge in [0.1, 0.15) is 5.75 Å². The van der Waals surface area contributed by atoms with Crippen molar-refractivity contribution in [2.24, 2.45) is 5.10 Å². The van der Waals surface area contributed by atoms with Gasteiger partial charge in [0.25, 0.3) is 0 Å². The summed E-state index contributed by atoms with van der Waals surface area (Å²) in [5, 5.41) is 6.13. The lowest BCUT2D eigenvalue weighted by Gasteiger charge is -2.11. The Morgan fingerprint density at radius 1 is 1.04 bits per heavy atom. The van der Waals surface area contributed by atoms with E-state index in [2.05, 4.69) is 5.10 Å². The first kappa shape index (κ1) is 18.2. The number of nitrogens with zero attached hydrogens (tertiary/aromatic N) is 2. The van der Waals surface area contributed by atoms with Gasteiger partial charge in [0.05, 0.1) is 12.8 Å². The number of para-hydroxylation sites is 1. The standard InChI is InChI=1S/C21H22N2O2/c1-17(15-16-22-23(2)19-7-5-4-6-8-19)9-14-21(24)18-10-12-20(25-3)13-11-18/h4-16H,1-3H3/b14-9-,17-15-,22-16+. The van der Waals surface area contributed by atoms with Crippen molar-refractivity contribution in [1.29, 1.82) is 0 Å². The third-order valence-electron chi connectivity index (χ3n) is 3.58. The van der Waals surface area contributed by atoms with Gasteiger partial charge in [-0.25, -0.2) is 0 Å². The molecule has 0 saturated heterocycles. The Bertz CT molecular complexity index is 775. The highest BCUT2D eigenvalue weighted by Crippen LogP contribution is 2.12. The van der Waals surface area contributed by atoms with Crippen LogP contribution in [-0.4, -0.2) is 26.2 Å². The maximum absolute atomic E-state index is 12.1. The summed E-state index contributed by atoms with van der Waals surface area (Å²) in [4.78, 5) is 12.1. The van der Waals surface area contributed by atoms with Crippen LogP contribution < -0.4 is 9.75 Å². The fraction of sp³-hybridized carbons (Fsp3) is 0.143. The van der Waals surface area contributed by atoms with Crippen molar-refractivity contribution < 1.29 is 9.53 Å². The van der Waals surface area contributed by atoms with Crippen LogP contribution in [0.2, 0.25) is 0 Å². The number of ether oxygens (including phenoxy) is 1. The molecular formula is C21H22N2O2. The number of carbonyl (C=O) groups excluding carboxylic acids is 1. The van der Waals surface area contributed by atoms with Gasteiger partial charge in [0.2, 0.25) is 0 Å². The highest BCUT2D eigenvalue weighted by atomic mass is 16.5. The number of carbonyl (C=O) groups is 1. The third kappa shape index (κ3) is 5.77. The highest BCUT2D eigenvalue weighted by molar-refractivity contribution is 6.04. The van der Waals surface area contributed by atoms with Crippen molar-refractivity contribution >= 4 is 17.7 Å². The molecule has 0 heterocycles. The number of hydrazone groups is 1. The van der Waals surface area contributed by atoms with Crippen molar-refractivity contribution in [1.82, 2.24) is 0 Å². The van der Waals surface area contributed by atoms with Gasteiger partial charge in [-0.05, 0) is 61.0 Å². The van der Waals surface area contributed by atoms with Gasteiger partial charge >= 0.3 is 0 Å². The first-order valence-corrected chi connectivity index (χ1v) is 7.96. The Labute approximate surface area is 148 Å². The van der Waals surface area contributed by atoms with Crippen LogP contribution in [0, 0.1) is 0 Å². The molecule has 25 heavy (non-hydrogen) atoms. The normalized spacial score (nSPS) is 11.9. The minimum atomic E-state index is -0.0475. The fourth-order valence-corrected chi connectivity index (χ4v) is 2.08. The molecule has 0 spiro atoms. The van der Waals surface area contributed by atoms with Gasteiger partial charge in [-0.3, -0.25) is 9.80 Å². The predicted octanol–water partition coefficient (Wildman–Crippen LogP) is 4.50. The molecule has 2 aromatic rings. The summed E-state index contributed by atoms with van der Waals surface area (Å²) < 4.78 is 5.09. The maximum Gasteiger partial charge on any atom is 0.185 e. The second-order valence-corrected chi connectivity index (χ2v) is 5.46. The predicted molar refractivity (Wildman–Crippen MR) is 104 cm³/mol. The summed E-state index contributed by atoms with van der Waals surface area (Å²) in [6, 6.07) is 16.9. The van der Waals surface area contributed by atoms with Gasteiger partial charge in [-0.1, -0.05) is 24.3 Å². The molecule has 0 bridgehead atoms. The van der Waals surface area contributed by atoms with Crippen LogP contribution in [0.25, 0.3) is 0 Å². The van der Waals surface area contributed by atoms with Crippen molar-refractivity contribution in [3.63, 3.8) is 0 Å². The number of benzene rings is 2. The van der Waals surface area contributed by atoms with E-state index in [1.54, 1.807) is 54.8 Å². The zero-order chi connectivity index (χ0) is 18.1.